The molecule has 2 amide bonds. The molecule has 1 N–H and O–H groups in total. The van der Waals surface area contributed by atoms with Gasteiger partial charge in [-0.25, -0.2) is 4.79 Å². The Morgan fingerprint density at radius 1 is 1.14 bits per heavy atom. The molecule has 2 aromatic rings. The monoisotopic (exact) mass is 396 g/mol. The number of hydrogen-bond acceptors (Lipinski definition) is 6. The SMILES string of the molecule is COc1ccc(/C=C/C(=O)OCC(=O)N2CC(=O)Nc3ccccc32)c(OC)c1. The molecule has 2 aromatic carbocycles. The lowest BCUT2D eigenvalue weighted by atomic mass is 10.1. The summed E-state index contributed by atoms with van der Waals surface area (Å²) in [7, 11) is 3.05. The number of carbonyl (C=O) groups excluding carboxylic acids is 3. The van der Waals surface area contributed by atoms with Gasteiger partial charge in [0.05, 0.1) is 25.6 Å². The molecule has 0 atom stereocenters. The van der Waals surface area contributed by atoms with Gasteiger partial charge in [0.1, 0.15) is 18.0 Å². The van der Waals surface area contributed by atoms with Gasteiger partial charge in [-0.05, 0) is 30.3 Å². The Kier molecular flexibility index (Phi) is 6.13. The van der Waals surface area contributed by atoms with Crippen LogP contribution in [-0.2, 0) is 19.1 Å². The number of amides is 2. The first-order valence-electron chi connectivity index (χ1n) is 8.78. The van der Waals surface area contributed by atoms with Crippen LogP contribution >= 0.6 is 0 Å². The fourth-order valence-electron chi connectivity index (χ4n) is 2.83. The normalized spacial score (nSPS) is 12.9. The summed E-state index contributed by atoms with van der Waals surface area (Å²) in [6, 6.07) is 12.1. The summed E-state index contributed by atoms with van der Waals surface area (Å²) in [5.41, 5.74) is 1.75. The van der Waals surface area contributed by atoms with Gasteiger partial charge in [0.25, 0.3) is 5.91 Å². The van der Waals surface area contributed by atoms with Gasteiger partial charge in [0.2, 0.25) is 5.91 Å². The second-order valence-corrected chi connectivity index (χ2v) is 6.09. The van der Waals surface area contributed by atoms with Gasteiger partial charge in [-0.1, -0.05) is 12.1 Å². The van der Waals surface area contributed by atoms with Crippen molar-refractivity contribution in [2.24, 2.45) is 0 Å². The largest absolute Gasteiger partial charge is 0.497 e. The Labute approximate surface area is 167 Å². The van der Waals surface area contributed by atoms with E-state index < -0.39 is 18.5 Å². The Morgan fingerprint density at radius 2 is 1.93 bits per heavy atom. The quantitative estimate of drug-likeness (QED) is 0.595. The molecule has 1 aliphatic heterocycles. The van der Waals surface area contributed by atoms with Gasteiger partial charge in [-0.3, -0.25) is 14.5 Å². The average molecular weight is 396 g/mol. The van der Waals surface area contributed by atoms with E-state index in [1.807, 2.05) is 0 Å². The number of esters is 1. The zero-order valence-electron chi connectivity index (χ0n) is 16.0. The van der Waals surface area contributed by atoms with Gasteiger partial charge in [0, 0.05) is 17.7 Å². The highest BCUT2D eigenvalue weighted by atomic mass is 16.5. The molecule has 0 bridgehead atoms. The Bertz CT molecular complexity index is 969. The van der Waals surface area contributed by atoms with E-state index in [2.05, 4.69) is 5.32 Å². The van der Waals surface area contributed by atoms with Crippen molar-refractivity contribution in [2.45, 2.75) is 0 Å². The highest BCUT2D eigenvalue weighted by Crippen LogP contribution is 2.29. The average Bonchev–Trinajstić information content (AvgIpc) is 2.75. The van der Waals surface area contributed by atoms with Crippen molar-refractivity contribution in [2.75, 3.05) is 37.6 Å². The number of nitrogens with zero attached hydrogens (tertiary/aromatic N) is 1. The van der Waals surface area contributed by atoms with Gasteiger partial charge in [0.15, 0.2) is 6.61 Å². The standard InChI is InChI=1S/C21H20N2O6/c1-27-15-9-7-14(18(11-15)28-2)8-10-21(26)29-13-20(25)23-12-19(24)22-16-5-3-4-6-17(16)23/h3-11H,12-13H2,1-2H3,(H,22,24)/b10-8+. The summed E-state index contributed by atoms with van der Waals surface area (Å²) in [5.74, 6) is -0.338. The molecule has 0 aliphatic carbocycles. The van der Waals surface area contributed by atoms with Crippen LogP contribution in [0, 0.1) is 0 Å². The zero-order chi connectivity index (χ0) is 20.8. The predicted molar refractivity (Wildman–Crippen MR) is 107 cm³/mol. The summed E-state index contributed by atoms with van der Waals surface area (Å²) in [6.07, 6.45) is 2.73. The smallest absolute Gasteiger partial charge is 0.331 e. The van der Waals surface area contributed by atoms with Crippen molar-refractivity contribution in [3.8, 4) is 11.5 Å². The molecule has 0 saturated heterocycles. The molecule has 0 aromatic heterocycles. The van der Waals surface area contributed by atoms with Gasteiger partial charge < -0.3 is 19.5 Å². The minimum Gasteiger partial charge on any atom is -0.497 e. The number of ether oxygens (including phenoxy) is 3. The molecule has 8 heteroatoms. The number of carbonyl (C=O) groups is 3. The van der Waals surface area contributed by atoms with Crippen molar-refractivity contribution in [3.05, 3.63) is 54.1 Å². The molecule has 29 heavy (non-hydrogen) atoms. The van der Waals surface area contributed by atoms with Crippen molar-refractivity contribution < 1.29 is 28.6 Å². The van der Waals surface area contributed by atoms with Crippen LogP contribution in [0.4, 0.5) is 11.4 Å². The van der Waals surface area contributed by atoms with Crippen molar-refractivity contribution >= 4 is 35.2 Å². The van der Waals surface area contributed by atoms with E-state index in [9.17, 15) is 14.4 Å². The van der Waals surface area contributed by atoms with E-state index in [1.165, 1.54) is 24.2 Å². The second-order valence-electron chi connectivity index (χ2n) is 6.09. The Morgan fingerprint density at radius 3 is 2.69 bits per heavy atom. The molecular weight excluding hydrogens is 376 g/mol. The highest BCUT2D eigenvalue weighted by Gasteiger charge is 2.26. The minimum atomic E-state index is -0.689. The lowest BCUT2D eigenvalue weighted by Gasteiger charge is -2.28. The van der Waals surface area contributed by atoms with Crippen molar-refractivity contribution in [3.63, 3.8) is 0 Å². The van der Waals surface area contributed by atoms with Crippen LogP contribution in [0.1, 0.15) is 5.56 Å². The predicted octanol–water partition coefficient (Wildman–Crippen LogP) is 2.25. The highest BCUT2D eigenvalue weighted by molar-refractivity contribution is 6.10. The van der Waals surface area contributed by atoms with Crippen LogP contribution in [0.3, 0.4) is 0 Å². The number of anilines is 2. The van der Waals surface area contributed by atoms with Crippen molar-refractivity contribution in [1.29, 1.82) is 0 Å². The maximum absolute atomic E-state index is 12.5. The third kappa shape index (κ3) is 4.73. The fourth-order valence-corrected chi connectivity index (χ4v) is 2.83. The van der Waals surface area contributed by atoms with E-state index in [4.69, 9.17) is 14.2 Å². The number of benzene rings is 2. The summed E-state index contributed by atoms with van der Waals surface area (Å²) >= 11 is 0. The number of nitrogens with one attached hydrogen (secondary N) is 1. The molecule has 150 valence electrons. The molecule has 1 heterocycles. The molecule has 3 rings (SSSR count). The lowest BCUT2D eigenvalue weighted by Crippen LogP contribution is -2.43. The molecule has 0 unspecified atom stereocenters. The van der Waals surface area contributed by atoms with E-state index >= 15 is 0 Å². The first kappa shape index (κ1) is 19.9. The van der Waals surface area contributed by atoms with Gasteiger partial charge in [-0.2, -0.15) is 0 Å². The summed E-state index contributed by atoms with van der Waals surface area (Å²) in [5, 5.41) is 2.69. The Hall–Kier alpha value is -3.81. The number of fused-ring (bicyclic) bond motifs is 1. The van der Waals surface area contributed by atoms with E-state index in [-0.39, 0.29) is 12.5 Å². The zero-order valence-corrected chi connectivity index (χ0v) is 16.0. The number of methoxy groups -OCH3 is 2. The van der Waals surface area contributed by atoms with E-state index in [1.54, 1.807) is 49.6 Å². The minimum absolute atomic E-state index is 0.133. The fraction of sp³-hybridized carbons (Fsp3) is 0.190. The van der Waals surface area contributed by atoms with E-state index in [0.717, 1.165) is 0 Å². The maximum atomic E-state index is 12.5. The third-order valence-corrected chi connectivity index (χ3v) is 4.25. The van der Waals surface area contributed by atoms with Crippen LogP contribution in [0.25, 0.3) is 6.08 Å². The number of hydrogen-bond donors (Lipinski definition) is 1. The van der Waals surface area contributed by atoms with Crippen LogP contribution in [0.15, 0.2) is 48.5 Å². The molecule has 0 saturated carbocycles. The topological polar surface area (TPSA) is 94.2 Å². The lowest BCUT2D eigenvalue weighted by molar-refractivity contribution is -0.143. The van der Waals surface area contributed by atoms with Gasteiger partial charge >= 0.3 is 5.97 Å². The molecule has 1 aliphatic rings. The number of rotatable bonds is 6. The first-order chi connectivity index (χ1) is 14.0. The molecular formula is C21H20N2O6. The number of para-hydroxylation sites is 2. The molecule has 0 radical (unpaired) electrons. The van der Waals surface area contributed by atoms with Crippen LogP contribution in [0.2, 0.25) is 0 Å². The maximum Gasteiger partial charge on any atom is 0.331 e. The van der Waals surface area contributed by atoms with Crippen molar-refractivity contribution in [1.82, 2.24) is 0 Å². The first-order valence-corrected chi connectivity index (χ1v) is 8.78. The van der Waals surface area contributed by atoms with Crippen LogP contribution in [0.5, 0.6) is 11.5 Å². The van der Waals surface area contributed by atoms with E-state index in [0.29, 0.717) is 28.4 Å². The van der Waals surface area contributed by atoms with Crippen LogP contribution in [-0.4, -0.2) is 45.2 Å². The third-order valence-electron chi connectivity index (χ3n) is 4.25. The second kappa shape index (κ2) is 8.92. The summed E-state index contributed by atoms with van der Waals surface area (Å²) in [4.78, 5) is 37.6. The Balaban J connectivity index is 1.62. The summed E-state index contributed by atoms with van der Waals surface area (Å²) in [6.45, 7) is -0.614. The van der Waals surface area contributed by atoms with Gasteiger partial charge in [-0.15, -0.1) is 0 Å². The summed E-state index contributed by atoms with van der Waals surface area (Å²) < 4.78 is 15.4. The molecule has 8 nitrogen and oxygen atoms in total. The molecule has 0 fully saturated rings. The molecule has 0 spiro atoms. The van der Waals surface area contributed by atoms with Crippen LogP contribution < -0.4 is 19.7 Å².